The number of amides is 1. The van der Waals surface area contributed by atoms with Crippen LogP contribution in [0, 0.1) is 11.6 Å². The van der Waals surface area contributed by atoms with E-state index in [4.69, 9.17) is 21.1 Å². The van der Waals surface area contributed by atoms with E-state index >= 15 is 0 Å². The molecule has 1 N–H and O–H groups in total. The number of hydrogen-bond donors (Lipinski definition) is 1. The Morgan fingerprint density at radius 3 is 2.45 bits per heavy atom. The van der Waals surface area contributed by atoms with Crippen LogP contribution in [0.5, 0.6) is 17.4 Å². The maximum atomic E-state index is 14.2. The lowest BCUT2D eigenvalue weighted by Crippen LogP contribution is -2.30. The van der Waals surface area contributed by atoms with Gasteiger partial charge in [-0.05, 0) is 19.9 Å². The van der Waals surface area contributed by atoms with Gasteiger partial charge in [0.05, 0.1) is 18.0 Å². The van der Waals surface area contributed by atoms with Gasteiger partial charge in [-0.25, -0.2) is 31.3 Å². The fourth-order valence-electron chi connectivity index (χ4n) is 1.94. The minimum atomic E-state index is -3.96. The van der Waals surface area contributed by atoms with E-state index in [1.807, 2.05) is 0 Å². The van der Waals surface area contributed by atoms with E-state index in [2.05, 4.69) is 4.98 Å². The normalized spacial score (nSPS) is 11.8. The van der Waals surface area contributed by atoms with Gasteiger partial charge in [0, 0.05) is 12.1 Å². The topological polar surface area (TPSA) is 94.6 Å². The Labute approximate surface area is 169 Å². The van der Waals surface area contributed by atoms with E-state index in [0.29, 0.717) is 18.4 Å². The van der Waals surface area contributed by atoms with Crippen molar-refractivity contribution in [2.45, 2.75) is 19.5 Å². The number of sulfonamides is 1. The maximum absolute atomic E-state index is 14.2. The molecule has 0 aliphatic heterocycles. The summed E-state index contributed by atoms with van der Waals surface area (Å²) in [6, 6.07) is 2.24. The molecule has 1 amide bonds. The fourth-order valence-corrected chi connectivity index (χ4v) is 2.60. The minimum absolute atomic E-state index is 0.0585. The van der Waals surface area contributed by atoms with Crippen molar-refractivity contribution in [2.75, 3.05) is 12.9 Å². The van der Waals surface area contributed by atoms with Crippen LogP contribution < -0.4 is 14.2 Å². The Morgan fingerprint density at radius 2 is 1.90 bits per heavy atom. The summed E-state index contributed by atoms with van der Waals surface area (Å²) in [5, 5.41) is -0.0585. The zero-order chi connectivity index (χ0) is 22.0. The molecule has 1 aromatic carbocycles. The van der Waals surface area contributed by atoms with E-state index in [1.165, 1.54) is 24.6 Å². The number of rotatable bonds is 7. The highest BCUT2D eigenvalue weighted by atomic mass is 35.5. The van der Waals surface area contributed by atoms with Crippen LogP contribution in [0.15, 0.2) is 24.4 Å². The van der Waals surface area contributed by atoms with Crippen molar-refractivity contribution >= 4 is 27.5 Å². The summed E-state index contributed by atoms with van der Waals surface area (Å²) in [4.78, 5) is 15.5. The smallest absolute Gasteiger partial charge is 0.267 e. The molecule has 0 bridgehead atoms. The van der Waals surface area contributed by atoms with Crippen molar-refractivity contribution in [3.05, 3.63) is 46.6 Å². The molecule has 12 heteroatoms. The van der Waals surface area contributed by atoms with Gasteiger partial charge in [-0.3, -0.25) is 4.79 Å². The molecule has 0 atom stereocenters. The molecule has 7 nitrogen and oxygen atoms in total. The van der Waals surface area contributed by atoms with Crippen LogP contribution in [-0.4, -0.2) is 37.8 Å². The summed E-state index contributed by atoms with van der Waals surface area (Å²) in [6.45, 7) is 2.29. The number of pyridine rings is 1. The van der Waals surface area contributed by atoms with Gasteiger partial charge in [0.1, 0.15) is 28.9 Å². The molecule has 29 heavy (non-hydrogen) atoms. The molecule has 1 heterocycles. The van der Waals surface area contributed by atoms with Crippen LogP contribution >= 0.6 is 11.6 Å². The Bertz CT molecular complexity index is 1040. The molecule has 0 saturated heterocycles. The number of ether oxygens (including phenoxy) is 2. The SMILES string of the molecule is CC(C)(F)COc1ncc(Oc2cc(F)c(C(=O)NS(C)(=O)=O)cc2F)cc1Cl. The Hall–Kier alpha value is -2.53. The third-order valence-corrected chi connectivity index (χ3v) is 3.93. The van der Waals surface area contributed by atoms with Crippen LogP contribution in [0.4, 0.5) is 13.2 Å². The van der Waals surface area contributed by atoms with E-state index in [0.717, 1.165) is 6.20 Å². The minimum Gasteiger partial charge on any atom is -0.473 e. The first-order valence-electron chi connectivity index (χ1n) is 7.91. The average Bonchev–Trinajstić information content (AvgIpc) is 2.54. The maximum Gasteiger partial charge on any atom is 0.267 e. The van der Waals surface area contributed by atoms with Crippen LogP contribution in [0.25, 0.3) is 0 Å². The van der Waals surface area contributed by atoms with E-state index in [-0.39, 0.29) is 23.3 Å². The van der Waals surface area contributed by atoms with Gasteiger partial charge in [0.2, 0.25) is 15.9 Å². The van der Waals surface area contributed by atoms with Crippen LogP contribution in [0.1, 0.15) is 24.2 Å². The highest BCUT2D eigenvalue weighted by molar-refractivity contribution is 7.89. The number of nitrogens with zero attached hydrogens (tertiary/aromatic N) is 1. The molecule has 1 aromatic heterocycles. The lowest BCUT2D eigenvalue weighted by Gasteiger charge is -2.15. The zero-order valence-corrected chi connectivity index (χ0v) is 17.0. The summed E-state index contributed by atoms with van der Waals surface area (Å²) < 4.78 is 75.7. The lowest BCUT2D eigenvalue weighted by molar-refractivity contribution is 0.0977. The highest BCUT2D eigenvalue weighted by Crippen LogP contribution is 2.31. The number of nitrogens with one attached hydrogen (secondary N) is 1. The summed E-state index contributed by atoms with van der Waals surface area (Å²) >= 11 is 5.96. The largest absolute Gasteiger partial charge is 0.473 e. The van der Waals surface area contributed by atoms with Crippen molar-refractivity contribution in [3.63, 3.8) is 0 Å². The van der Waals surface area contributed by atoms with Gasteiger partial charge in [0.25, 0.3) is 5.91 Å². The van der Waals surface area contributed by atoms with Crippen LogP contribution in [0.3, 0.4) is 0 Å². The molecule has 0 aliphatic carbocycles. The number of hydrogen-bond acceptors (Lipinski definition) is 6. The van der Waals surface area contributed by atoms with Crippen molar-refractivity contribution < 1.29 is 35.9 Å². The number of halogens is 4. The zero-order valence-electron chi connectivity index (χ0n) is 15.4. The third kappa shape index (κ3) is 6.79. The second kappa shape index (κ2) is 8.46. The first kappa shape index (κ1) is 22.8. The second-order valence-electron chi connectivity index (χ2n) is 6.53. The Kier molecular flexibility index (Phi) is 6.63. The molecule has 0 radical (unpaired) electrons. The fraction of sp³-hybridized carbons (Fsp3) is 0.294. The van der Waals surface area contributed by atoms with E-state index in [9.17, 15) is 26.4 Å². The van der Waals surface area contributed by atoms with Crippen molar-refractivity contribution in [2.24, 2.45) is 0 Å². The molecule has 2 aromatic rings. The first-order chi connectivity index (χ1) is 13.2. The van der Waals surface area contributed by atoms with Gasteiger partial charge in [-0.2, -0.15) is 0 Å². The highest BCUT2D eigenvalue weighted by Gasteiger charge is 2.21. The van der Waals surface area contributed by atoms with Crippen molar-refractivity contribution in [1.29, 1.82) is 0 Å². The molecule has 0 spiro atoms. The molecule has 158 valence electrons. The van der Waals surface area contributed by atoms with Gasteiger partial charge in [-0.15, -0.1) is 0 Å². The standard InChI is InChI=1S/C17H16ClF3N2O5S/c1-17(2,21)8-27-16-11(18)4-9(7-22-16)28-14-6-12(19)10(5-13(14)20)15(24)23-29(3,25)26/h4-7H,8H2,1-3H3,(H,23,24). The third-order valence-electron chi connectivity index (χ3n) is 3.11. The molecule has 2 rings (SSSR count). The summed E-state index contributed by atoms with van der Waals surface area (Å²) in [5.74, 6) is -4.46. The van der Waals surface area contributed by atoms with Crippen molar-refractivity contribution in [1.82, 2.24) is 9.71 Å². The second-order valence-corrected chi connectivity index (χ2v) is 8.69. The predicted octanol–water partition coefficient (Wildman–Crippen LogP) is 3.62. The average molecular weight is 453 g/mol. The Balaban J connectivity index is 2.21. The van der Waals surface area contributed by atoms with Gasteiger partial charge >= 0.3 is 0 Å². The molecular weight excluding hydrogens is 437 g/mol. The number of carbonyl (C=O) groups is 1. The van der Waals surface area contributed by atoms with Gasteiger partial charge < -0.3 is 9.47 Å². The summed E-state index contributed by atoms with van der Waals surface area (Å²) in [5.41, 5.74) is -2.44. The van der Waals surface area contributed by atoms with Gasteiger partial charge in [-0.1, -0.05) is 11.6 Å². The van der Waals surface area contributed by atoms with E-state index < -0.39 is 44.5 Å². The molecular formula is C17H16ClF3N2O5S. The molecule has 0 aliphatic rings. The monoisotopic (exact) mass is 452 g/mol. The van der Waals surface area contributed by atoms with Crippen LogP contribution in [-0.2, 0) is 10.0 Å². The number of benzene rings is 1. The van der Waals surface area contributed by atoms with Gasteiger partial charge in [0.15, 0.2) is 11.6 Å². The molecule has 0 saturated carbocycles. The molecule has 0 fully saturated rings. The van der Waals surface area contributed by atoms with E-state index in [1.54, 1.807) is 0 Å². The Morgan fingerprint density at radius 1 is 1.24 bits per heavy atom. The quantitative estimate of drug-likeness (QED) is 0.689. The first-order valence-corrected chi connectivity index (χ1v) is 10.2. The molecule has 0 unspecified atom stereocenters. The summed E-state index contributed by atoms with van der Waals surface area (Å²) in [6.07, 6.45) is 1.78. The predicted molar refractivity (Wildman–Crippen MR) is 98.7 cm³/mol. The lowest BCUT2D eigenvalue weighted by atomic mass is 10.2. The number of alkyl halides is 1. The van der Waals surface area contributed by atoms with Crippen LogP contribution in [0.2, 0.25) is 5.02 Å². The number of carbonyl (C=O) groups excluding carboxylic acids is 1. The number of aromatic nitrogens is 1. The van der Waals surface area contributed by atoms with Crippen molar-refractivity contribution in [3.8, 4) is 17.4 Å². The summed E-state index contributed by atoms with van der Waals surface area (Å²) in [7, 11) is -3.96.